The van der Waals surface area contributed by atoms with E-state index < -0.39 is 23.9 Å². The molecule has 0 N–H and O–H groups in total. The molecule has 1 aliphatic rings. The van der Waals surface area contributed by atoms with Gasteiger partial charge in [0.05, 0.1) is 30.8 Å². The van der Waals surface area contributed by atoms with Crippen LogP contribution in [0, 0.1) is 11.2 Å². The number of carbonyl (C=O) groups is 1. The predicted octanol–water partition coefficient (Wildman–Crippen LogP) is 4.75. The van der Waals surface area contributed by atoms with E-state index in [1.54, 1.807) is 12.1 Å². The summed E-state index contributed by atoms with van der Waals surface area (Å²) in [6, 6.07) is 8.53. The minimum absolute atomic E-state index is 0.0175. The van der Waals surface area contributed by atoms with Gasteiger partial charge in [-0.1, -0.05) is 6.92 Å². The summed E-state index contributed by atoms with van der Waals surface area (Å²) in [5.41, 5.74) is 0.189. The monoisotopic (exact) mass is 414 g/mol. The van der Waals surface area contributed by atoms with Gasteiger partial charge in [0.15, 0.2) is 11.6 Å². The van der Waals surface area contributed by atoms with Gasteiger partial charge in [0, 0.05) is 6.07 Å². The Balaban J connectivity index is 1.58. The van der Waals surface area contributed by atoms with Crippen molar-refractivity contribution in [3.05, 3.63) is 53.8 Å². The maximum Gasteiger partial charge on any atom is 0.573 e. The standard InChI is InChI=1S/C20H18F4O5/c1-2-19(10-26-11-19)12-27-14-5-3-13(4-6-14)18(25)28-15-7-8-17(16(21)9-15)29-20(22,23)24/h3-9H,2,10-12H2,1H3. The Morgan fingerprint density at radius 3 is 2.28 bits per heavy atom. The zero-order valence-corrected chi connectivity index (χ0v) is 15.4. The predicted molar refractivity (Wildman–Crippen MR) is 93.5 cm³/mol. The molecule has 3 rings (SSSR count). The molecule has 1 heterocycles. The number of esters is 1. The summed E-state index contributed by atoms with van der Waals surface area (Å²) in [6.45, 7) is 3.86. The van der Waals surface area contributed by atoms with Gasteiger partial charge in [-0.2, -0.15) is 0 Å². The Kier molecular flexibility index (Phi) is 5.97. The lowest BCUT2D eigenvalue weighted by molar-refractivity contribution is -0.275. The van der Waals surface area contributed by atoms with Gasteiger partial charge >= 0.3 is 12.3 Å². The van der Waals surface area contributed by atoms with Crippen LogP contribution in [-0.2, 0) is 4.74 Å². The lowest BCUT2D eigenvalue weighted by Crippen LogP contribution is -2.46. The Labute approximate surface area is 164 Å². The van der Waals surface area contributed by atoms with Crippen molar-refractivity contribution >= 4 is 5.97 Å². The smallest absolute Gasteiger partial charge is 0.493 e. The van der Waals surface area contributed by atoms with Crippen LogP contribution in [0.5, 0.6) is 17.2 Å². The van der Waals surface area contributed by atoms with Crippen LogP contribution in [0.3, 0.4) is 0 Å². The van der Waals surface area contributed by atoms with Gasteiger partial charge in [0.2, 0.25) is 0 Å². The Morgan fingerprint density at radius 1 is 1.10 bits per heavy atom. The quantitative estimate of drug-likeness (QED) is 0.372. The SMILES string of the molecule is CCC1(COc2ccc(C(=O)Oc3ccc(OC(F)(F)F)c(F)c3)cc2)COC1. The summed E-state index contributed by atoms with van der Waals surface area (Å²) in [4.78, 5) is 12.2. The first-order chi connectivity index (χ1) is 13.7. The molecule has 0 amide bonds. The number of alkyl halides is 3. The molecule has 0 spiro atoms. The summed E-state index contributed by atoms with van der Waals surface area (Å²) in [7, 11) is 0. The molecule has 1 saturated heterocycles. The lowest BCUT2D eigenvalue weighted by Gasteiger charge is -2.40. The van der Waals surface area contributed by atoms with Crippen molar-refractivity contribution in [2.24, 2.45) is 5.41 Å². The molecule has 0 saturated carbocycles. The highest BCUT2D eigenvalue weighted by Gasteiger charge is 2.37. The number of hydrogen-bond donors (Lipinski definition) is 0. The maximum atomic E-state index is 13.7. The topological polar surface area (TPSA) is 54.0 Å². The molecule has 0 radical (unpaired) electrons. The molecule has 0 unspecified atom stereocenters. The first kappa shape index (κ1) is 20.9. The average molecular weight is 414 g/mol. The van der Waals surface area contributed by atoms with Crippen LogP contribution in [0.2, 0.25) is 0 Å². The van der Waals surface area contributed by atoms with E-state index in [0.717, 1.165) is 18.6 Å². The van der Waals surface area contributed by atoms with Gasteiger partial charge in [0.25, 0.3) is 0 Å². The molecule has 0 atom stereocenters. The molecule has 5 nitrogen and oxygen atoms in total. The van der Waals surface area contributed by atoms with E-state index in [4.69, 9.17) is 14.2 Å². The summed E-state index contributed by atoms with van der Waals surface area (Å²) in [5.74, 6) is -2.79. The summed E-state index contributed by atoms with van der Waals surface area (Å²) >= 11 is 0. The largest absolute Gasteiger partial charge is 0.573 e. The number of halogens is 4. The van der Waals surface area contributed by atoms with E-state index in [0.29, 0.717) is 31.6 Å². The van der Waals surface area contributed by atoms with Crippen molar-refractivity contribution in [1.29, 1.82) is 0 Å². The highest BCUT2D eigenvalue weighted by atomic mass is 19.4. The van der Waals surface area contributed by atoms with Crippen molar-refractivity contribution < 1.29 is 41.3 Å². The molecule has 9 heteroatoms. The Morgan fingerprint density at radius 2 is 1.76 bits per heavy atom. The molecular formula is C20H18F4O5. The van der Waals surface area contributed by atoms with Crippen LogP contribution < -0.4 is 14.2 Å². The fourth-order valence-corrected chi connectivity index (χ4v) is 2.62. The number of benzene rings is 2. The second-order valence-corrected chi connectivity index (χ2v) is 6.69. The molecule has 2 aromatic rings. The van der Waals surface area contributed by atoms with Crippen LogP contribution in [0.15, 0.2) is 42.5 Å². The summed E-state index contributed by atoms with van der Waals surface area (Å²) in [6.07, 6.45) is -4.09. The van der Waals surface area contributed by atoms with E-state index in [1.165, 1.54) is 12.1 Å². The van der Waals surface area contributed by atoms with Crippen LogP contribution in [-0.4, -0.2) is 32.2 Å². The molecule has 0 aliphatic carbocycles. The van der Waals surface area contributed by atoms with Gasteiger partial charge in [-0.15, -0.1) is 13.2 Å². The van der Waals surface area contributed by atoms with Crippen molar-refractivity contribution in [3.8, 4) is 17.2 Å². The Hall–Kier alpha value is -2.81. The third-order valence-electron chi connectivity index (χ3n) is 4.54. The van der Waals surface area contributed by atoms with Gasteiger partial charge < -0.3 is 18.9 Å². The molecule has 0 aromatic heterocycles. The van der Waals surface area contributed by atoms with Crippen molar-refractivity contribution in [3.63, 3.8) is 0 Å². The van der Waals surface area contributed by atoms with E-state index in [9.17, 15) is 22.4 Å². The second kappa shape index (κ2) is 8.28. The van der Waals surface area contributed by atoms with Gasteiger partial charge in [-0.25, -0.2) is 9.18 Å². The van der Waals surface area contributed by atoms with Crippen molar-refractivity contribution in [2.75, 3.05) is 19.8 Å². The molecular weight excluding hydrogens is 396 g/mol. The fraction of sp³-hybridized carbons (Fsp3) is 0.350. The molecule has 0 bridgehead atoms. The fourth-order valence-electron chi connectivity index (χ4n) is 2.62. The number of carbonyl (C=O) groups excluding carboxylic acids is 1. The van der Waals surface area contributed by atoms with E-state index in [1.807, 2.05) is 0 Å². The maximum absolute atomic E-state index is 13.7. The van der Waals surface area contributed by atoms with E-state index in [-0.39, 0.29) is 16.7 Å². The van der Waals surface area contributed by atoms with E-state index in [2.05, 4.69) is 11.7 Å². The molecule has 1 aliphatic heterocycles. The highest BCUT2D eigenvalue weighted by Crippen LogP contribution is 2.32. The van der Waals surface area contributed by atoms with Gasteiger partial charge in [0.1, 0.15) is 11.5 Å². The zero-order chi connectivity index (χ0) is 21.1. The summed E-state index contributed by atoms with van der Waals surface area (Å²) in [5, 5.41) is 0. The second-order valence-electron chi connectivity index (χ2n) is 6.69. The van der Waals surface area contributed by atoms with Crippen molar-refractivity contribution in [2.45, 2.75) is 19.7 Å². The van der Waals surface area contributed by atoms with Crippen LogP contribution >= 0.6 is 0 Å². The van der Waals surface area contributed by atoms with Crippen LogP contribution in [0.25, 0.3) is 0 Å². The minimum Gasteiger partial charge on any atom is -0.493 e. The van der Waals surface area contributed by atoms with Gasteiger partial charge in [-0.05, 0) is 42.8 Å². The first-order valence-corrected chi connectivity index (χ1v) is 8.78. The Bertz CT molecular complexity index is 855. The first-order valence-electron chi connectivity index (χ1n) is 8.78. The number of ether oxygens (including phenoxy) is 4. The lowest BCUT2D eigenvalue weighted by atomic mass is 9.84. The third-order valence-corrected chi connectivity index (χ3v) is 4.54. The van der Waals surface area contributed by atoms with E-state index >= 15 is 0 Å². The zero-order valence-electron chi connectivity index (χ0n) is 15.4. The number of rotatable bonds is 7. The van der Waals surface area contributed by atoms with Gasteiger partial charge in [-0.3, -0.25) is 0 Å². The summed E-state index contributed by atoms with van der Waals surface area (Å²) < 4.78 is 69.6. The number of hydrogen-bond acceptors (Lipinski definition) is 5. The van der Waals surface area contributed by atoms with Crippen molar-refractivity contribution in [1.82, 2.24) is 0 Å². The average Bonchev–Trinajstić information content (AvgIpc) is 2.63. The molecule has 29 heavy (non-hydrogen) atoms. The molecule has 1 fully saturated rings. The minimum atomic E-state index is -5.02. The molecule has 2 aromatic carbocycles. The normalized spacial score (nSPS) is 15.3. The third kappa shape index (κ3) is 5.38. The van der Waals surface area contributed by atoms with Crippen LogP contribution in [0.4, 0.5) is 17.6 Å². The molecule has 156 valence electrons. The van der Waals surface area contributed by atoms with Crippen LogP contribution in [0.1, 0.15) is 23.7 Å². The highest BCUT2D eigenvalue weighted by molar-refractivity contribution is 5.91.